The van der Waals surface area contributed by atoms with Crippen molar-refractivity contribution in [2.45, 2.75) is 40.2 Å². The highest BCUT2D eigenvalue weighted by Crippen LogP contribution is 2.25. The van der Waals surface area contributed by atoms with Gasteiger partial charge in [0, 0.05) is 17.8 Å². The van der Waals surface area contributed by atoms with E-state index in [0.29, 0.717) is 12.5 Å². The fraction of sp³-hybridized carbons (Fsp3) is 0.304. The maximum Gasteiger partial charge on any atom is 0.258 e. The van der Waals surface area contributed by atoms with Crippen LogP contribution in [0.15, 0.2) is 54.6 Å². The average Bonchev–Trinajstić information content (AvgIpc) is 2.99. The molecule has 1 aromatic heterocycles. The highest BCUT2D eigenvalue weighted by atomic mass is 16.5. The van der Waals surface area contributed by atoms with E-state index < -0.39 is 0 Å². The van der Waals surface area contributed by atoms with E-state index in [9.17, 15) is 4.79 Å². The molecule has 0 fully saturated rings. The summed E-state index contributed by atoms with van der Waals surface area (Å²) in [6.07, 6.45) is 0. The highest BCUT2D eigenvalue weighted by Gasteiger charge is 2.14. The minimum atomic E-state index is -0.148. The molecule has 0 bridgehead atoms. The molecular weight excluding hydrogens is 350 g/mol. The van der Waals surface area contributed by atoms with Crippen molar-refractivity contribution in [2.24, 2.45) is 0 Å². The van der Waals surface area contributed by atoms with E-state index in [1.165, 1.54) is 0 Å². The largest absolute Gasteiger partial charge is 0.483 e. The summed E-state index contributed by atoms with van der Waals surface area (Å²) in [5, 5.41) is 7.56. The van der Waals surface area contributed by atoms with Crippen LogP contribution in [-0.4, -0.2) is 22.3 Å². The van der Waals surface area contributed by atoms with Crippen LogP contribution in [0.2, 0.25) is 0 Å². The Bertz CT molecular complexity index is 946. The van der Waals surface area contributed by atoms with Crippen LogP contribution in [-0.2, 0) is 11.3 Å². The van der Waals surface area contributed by atoms with Gasteiger partial charge in [0.1, 0.15) is 5.75 Å². The molecule has 146 valence electrons. The van der Waals surface area contributed by atoms with Crippen molar-refractivity contribution in [3.63, 3.8) is 0 Å². The summed E-state index contributed by atoms with van der Waals surface area (Å²) in [5.41, 5.74) is 5.07. The van der Waals surface area contributed by atoms with Gasteiger partial charge in [-0.1, -0.05) is 50.2 Å². The summed E-state index contributed by atoms with van der Waals surface area (Å²) >= 11 is 0. The molecule has 0 aliphatic rings. The van der Waals surface area contributed by atoms with Gasteiger partial charge in [-0.05, 0) is 43.5 Å². The van der Waals surface area contributed by atoms with E-state index in [-0.39, 0.29) is 12.5 Å². The number of nitrogens with one attached hydrogen (secondary N) is 1. The molecule has 1 heterocycles. The molecule has 0 aliphatic carbocycles. The Kier molecular flexibility index (Phi) is 6.14. The van der Waals surface area contributed by atoms with Gasteiger partial charge in [0.2, 0.25) is 0 Å². The first-order chi connectivity index (χ1) is 13.5. The van der Waals surface area contributed by atoms with Gasteiger partial charge >= 0.3 is 0 Å². The second-order valence-electron chi connectivity index (χ2n) is 7.15. The van der Waals surface area contributed by atoms with Crippen molar-refractivity contribution in [1.82, 2.24) is 15.1 Å². The molecular formula is C23H27N3O2. The molecule has 3 rings (SSSR count). The third kappa shape index (κ3) is 4.42. The number of carbonyl (C=O) groups is 1. The summed E-state index contributed by atoms with van der Waals surface area (Å²) < 4.78 is 7.66. The minimum Gasteiger partial charge on any atom is -0.483 e. The Hall–Kier alpha value is -3.08. The highest BCUT2D eigenvalue weighted by molar-refractivity contribution is 5.77. The van der Waals surface area contributed by atoms with Gasteiger partial charge in [-0.3, -0.25) is 4.79 Å². The molecule has 0 spiro atoms. The van der Waals surface area contributed by atoms with Crippen molar-refractivity contribution in [3.8, 4) is 11.4 Å². The smallest absolute Gasteiger partial charge is 0.258 e. The SMILES string of the molecule is Cc1nn(-c2ccccc2)c(C)c1CNC(=O)COc1ccccc1C(C)C. The first-order valence-electron chi connectivity index (χ1n) is 9.56. The predicted octanol–water partition coefficient (Wildman–Crippen LogP) is 4.31. The number of para-hydroxylation sites is 2. The first kappa shape index (κ1) is 19.7. The van der Waals surface area contributed by atoms with Crippen molar-refractivity contribution in [2.75, 3.05) is 6.61 Å². The quantitative estimate of drug-likeness (QED) is 0.668. The van der Waals surface area contributed by atoms with Crippen LogP contribution in [0.3, 0.4) is 0 Å². The van der Waals surface area contributed by atoms with E-state index in [1.807, 2.05) is 73.1 Å². The minimum absolute atomic E-state index is 0.00531. The second-order valence-corrected chi connectivity index (χ2v) is 7.15. The number of nitrogens with zero attached hydrogens (tertiary/aromatic N) is 2. The van der Waals surface area contributed by atoms with Crippen molar-refractivity contribution in [3.05, 3.63) is 77.1 Å². The number of benzene rings is 2. The molecule has 1 N–H and O–H groups in total. The van der Waals surface area contributed by atoms with Gasteiger partial charge in [0.05, 0.1) is 11.4 Å². The molecule has 5 nitrogen and oxygen atoms in total. The Labute approximate surface area is 166 Å². The zero-order valence-electron chi connectivity index (χ0n) is 16.9. The molecule has 0 saturated heterocycles. The van der Waals surface area contributed by atoms with Crippen molar-refractivity contribution < 1.29 is 9.53 Å². The number of carbonyl (C=O) groups excluding carboxylic acids is 1. The van der Waals surface area contributed by atoms with Crippen LogP contribution in [0.4, 0.5) is 0 Å². The van der Waals surface area contributed by atoms with Gasteiger partial charge in [0.25, 0.3) is 5.91 Å². The zero-order valence-corrected chi connectivity index (χ0v) is 16.9. The van der Waals surface area contributed by atoms with Crippen LogP contribution in [0.25, 0.3) is 5.69 Å². The molecule has 0 unspecified atom stereocenters. The number of hydrogen-bond acceptors (Lipinski definition) is 3. The summed E-state index contributed by atoms with van der Waals surface area (Å²) in [7, 11) is 0. The molecule has 1 amide bonds. The average molecular weight is 377 g/mol. The summed E-state index contributed by atoms with van der Waals surface area (Å²) in [6, 6.07) is 17.8. The van der Waals surface area contributed by atoms with Gasteiger partial charge in [-0.25, -0.2) is 4.68 Å². The molecule has 2 aromatic carbocycles. The Morgan fingerprint density at radius 1 is 1.07 bits per heavy atom. The summed E-state index contributed by atoms with van der Waals surface area (Å²) in [5.74, 6) is 0.954. The maximum atomic E-state index is 12.3. The molecule has 0 saturated carbocycles. The normalized spacial score (nSPS) is 10.9. The number of hydrogen-bond donors (Lipinski definition) is 1. The zero-order chi connectivity index (χ0) is 20.1. The number of rotatable bonds is 7. The first-order valence-corrected chi connectivity index (χ1v) is 9.56. The number of ether oxygens (including phenoxy) is 1. The Morgan fingerprint density at radius 3 is 2.46 bits per heavy atom. The van der Waals surface area contributed by atoms with Gasteiger partial charge in [-0.2, -0.15) is 5.10 Å². The fourth-order valence-electron chi connectivity index (χ4n) is 3.22. The number of aromatic nitrogens is 2. The van der Waals surface area contributed by atoms with E-state index in [0.717, 1.165) is 34.0 Å². The van der Waals surface area contributed by atoms with E-state index >= 15 is 0 Å². The van der Waals surface area contributed by atoms with E-state index in [4.69, 9.17) is 4.74 Å². The van der Waals surface area contributed by atoms with E-state index in [1.54, 1.807) is 0 Å². The van der Waals surface area contributed by atoms with Crippen LogP contribution < -0.4 is 10.1 Å². The van der Waals surface area contributed by atoms with Gasteiger partial charge in [-0.15, -0.1) is 0 Å². The molecule has 0 radical (unpaired) electrons. The topological polar surface area (TPSA) is 56.2 Å². The van der Waals surface area contributed by atoms with Crippen molar-refractivity contribution >= 4 is 5.91 Å². The lowest BCUT2D eigenvalue weighted by atomic mass is 10.0. The third-order valence-corrected chi connectivity index (χ3v) is 4.80. The fourth-order valence-corrected chi connectivity index (χ4v) is 3.22. The predicted molar refractivity (Wildman–Crippen MR) is 111 cm³/mol. The lowest BCUT2D eigenvalue weighted by Crippen LogP contribution is -2.29. The molecule has 0 aliphatic heterocycles. The molecule has 0 atom stereocenters. The Morgan fingerprint density at radius 2 is 1.75 bits per heavy atom. The second kappa shape index (κ2) is 8.74. The van der Waals surface area contributed by atoms with Gasteiger partial charge in [0.15, 0.2) is 6.61 Å². The molecule has 5 heteroatoms. The molecule has 28 heavy (non-hydrogen) atoms. The lowest BCUT2D eigenvalue weighted by Gasteiger charge is -2.13. The van der Waals surface area contributed by atoms with Crippen LogP contribution >= 0.6 is 0 Å². The monoisotopic (exact) mass is 377 g/mol. The number of amides is 1. The standard InChI is InChI=1S/C23H27N3O2/c1-16(2)20-12-8-9-13-22(20)28-15-23(27)24-14-21-17(3)25-26(18(21)4)19-10-6-5-7-11-19/h5-13,16H,14-15H2,1-4H3,(H,24,27). The van der Waals surface area contributed by atoms with Crippen molar-refractivity contribution in [1.29, 1.82) is 0 Å². The van der Waals surface area contributed by atoms with E-state index in [2.05, 4.69) is 24.3 Å². The Balaban J connectivity index is 1.62. The van der Waals surface area contributed by atoms with Crippen LogP contribution in [0.1, 0.15) is 42.3 Å². The summed E-state index contributed by atoms with van der Waals surface area (Å²) in [4.78, 5) is 12.3. The van der Waals surface area contributed by atoms with Gasteiger partial charge < -0.3 is 10.1 Å². The van der Waals surface area contributed by atoms with Crippen LogP contribution in [0.5, 0.6) is 5.75 Å². The number of aryl methyl sites for hydroxylation is 1. The molecule has 3 aromatic rings. The lowest BCUT2D eigenvalue weighted by molar-refractivity contribution is -0.123. The third-order valence-electron chi connectivity index (χ3n) is 4.80. The summed E-state index contributed by atoms with van der Waals surface area (Å²) in [6.45, 7) is 8.62. The van der Waals surface area contributed by atoms with Crippen LogP contribution in [0, 0.1) is 13.8 Å². The maximum absolute atomic E-state index is 12.3.